The molecule has 2 atom stereocenters. The van der Waals surface area contributed by atoms with Gasteiger partial charge < -0.3 is 15.2 Å². The van der Waals surface area contributed by atoms with Crippen molar-refractivity contribution >= 4 is 29.2 Å². The summed E-state index contributed by atoms with van der Waals surface area (Å²) in [4.78, 5) is 24.3. The Hall–Kier alpha value is -3.52. The fourth-order valence-electron chi connectivity index (χ4n) is 4.51. The van der Waals surface area contributed by atoms with Crippen LogP contribution in [0, 0.1) is 19.8 Å². The Labute approximate surface area is 217 Å². The minimum absolute atomic E-state index is 0.242. The molecule has 4 rings (SSSR count). The van der Waals surface area contributed by atoms with Crippen LogP contribution >= 0.6 is 11.6 Å². The van der Waals surface area contributed by atoms with Gasteiger partial charge in [0.1, 0.15) is 5.75 Å². The van der Waals surface area contributed by atoms with Crippen LogP contribution in [-0.4, -0.2) is 23.6 Å². The van der Waals surface area contributed by atoms with E-state index in [1.54, 1.807) is 32.0 Å². The molecule has 1 aliphatic carbocycles. The van der Waals surface area contributed by atoms with Crippen LogP contribution in [0.15, 0.2) is 54.6 Å². The molecular formula is C28H25ClF3NO4. The lowest BCUT2D eigenvalue weighted by molar-refractivity contribution is -0.139. The van der Waals surface area contributed by atoms with Crippen molar-refractivity contribution in [3.05, 3.63) is 93.0 Å². The van der Waals surface area contributed by atoms with Gasteiger partial charge in [0.05, 0.1) is 23.8 Å². The molecule has 1 saturated carbocycles. The van der Waals surface area contributed by atoms with E-state index in [0.717, 1.165) is 11.6 Å². The smallest absolute Gasteiger partial charge is 0.418 e. The number of hydrogen-bond acceptors (Lipinski definition) is 3. The number of carbonyl (C=O) groups is 2. The first-order chi connectivity index (χ1) is 17.5. The number of halogens is 4. The van der Waals surface area contributed by atoms with Crippen LogP contribution < -0.4 is 10.1 Å². The first kappa shape index (κ1) is 26.5. The van der Waals surface area contributed by atoms with Gasteiger partial charge in [-0.3, -0.25) is 9.59 Å². The van der Waals surface area contributed by atoms with Crippen LogP contribution in [0.2, 0.25) is 5.02 Å². The minimum Gasteiger partial charge on any atom is -0.493 e. The van der Waals surface area contributed by atoms with Crippen molar-refractivity contribution in [2.75, 3.05) is 11.9 Å². The lowest BCUT2D eigenvalue weighted by Crippen LogP contribution is -2.19. The number of anilines is 1. The van der Waals surface area contributed by atoms with Gasteiger partial charge in [-0.15, -0.1) is 0 Å². The average Bonchev–Trinajstić information content (AvgIpc) is 3.61. The largest absolute Gasteiger partial charge is 0.493 e. The Morgan fingerprint density at radius 2 is 1.76 bits per heavy atom. The van der Waals surface area contributed by atoms with E-state index in [4.69, 9.17) is 16.3 Å². The molecule has 1 aliphatic rings. The summed E-state index contributed by atoms with van der Waals surface area (Å²) >= 11 is 6.17. The van der Waals surface area contributed by atoms with Crippen LogP contribution in [0.25, 0.3) is 0 Å². The molecule has 0 saturated heterocycles. The highest BCUT2D eigenvalue weighted by Crippen LogP contribution is 2.49. The highest BCUT2D eigenvalue weighted by Gasteiger charge is 2.45. The SMILES string of the molecule is Cc1cc(OCCc2ccccc2Cl)cc(C)c1C(=O)Nc1cc([C@H]2C[C@H]2C(=O)O)ccc1C(F)(F)F. The van der Waals surface area contributed by atoms with Gasteiger partial charge in [-0.2, -0.15) is 13.2 Å². The molecule has 3 aromatic rings. The number of aliphatic carboxylic acids is 1. The predicted octanol–water partition coefficient (Wildman–Crippen LogP) is 7.04. The summed E-state index contributed by atoms with van der Waals surface area (Å²) in [5.74, 6) is -2.15. The Balaban J connectivity index is 1.52. The van der Waals surface area contributed by atoms with Crippen molar-refractivity contribution in [1.29, 1.82) is 0 Å². The van der Waals surface area contributed by atoms with E-state index in [1.165, 1.54) is 12.1 Å². The Bertz CT molecular complexity index is 1330. The third-order valence-corrected chi connectivity index (χ3v) is 6.83. The van der Waals surface area contributed by atoms with Gasteiger partial charge in [0.2, 0.25) is 0 Å². The van der Waals surface area contributed by atoms with Crippen molar-refractivity contribution in [2.24, 2.45) is 5.92 Å². The summed E-state index contributed by atoms with van der Waals surface area (Å²) in [5, 5.41) is 12.2. The van der Waals surface area contributed by atoms with Crippen molar-refractivity contribution < 1.29 is 32.6 Å². The quantitative estimate of drug-likeness (QED) is 0.327. The second kappa shape index (κ2) is 10.5. The number of nitrogens with one attached hydrogen (secondary N) is 1. The molecule has 0 aromatic heterocycles. The number of carboxylic acids is 1. The minimum atomic E-state index is -4.69. The average molecular weight is 532 g/mol. The lowest BCUT2D eigenvalue weighted by Gasteiger charge is -2.17. The normalized spacial score (nSPS) is 16.8. The third-order valence-electron chi connectivity index (χ3n) is 6.46. The van der Waals surface area contributed by atoms with E-state index in [9.17, 15) is 27.9 Å². The van der Waals surface area contributed by atoms with Crippen molar-refractivity contribution in [1.82, 2.24) is 0 Å². The summed E-state index contributed by atoms with van der Waals surface area (Å²) in [6, 6.07) is 14.2. The molecule has 194 valence electrons. The molecule has 5 nitrogen and oxygen atoms in total. The molecule has 0 radical (unpaired) electrons. The highest BCUT2D eigenvalue weighted by atomic mass is 35.5. The number of carbonyl (C=O) groups excluding carboxylic acids is 1. The Kier molecular flexibility index (Phi) is 7.50. The molecule has 2 N–H and O–H groups in total. The van der Waals surface area contributed by atoms with Gasteiger partial charge in [-0.1, -0.05) is 35.9 Å². The van der Waals surface area contributed by atoms with Gasteiger partial charge in [0, 0.05) is 17.0 Å². The fraction of sp³-hybridized carbons (Fsp3) is 0.286. The van der Waals surface area contributed by atoms with E-state index in [0.29, 0.717) is 46.9 Å². The maximum atomic E-state index is 13.7. The molecule has 3 aromatic carbocycles. The maximum Gasteiger partial charge on any atom is 0.418 e. The standard InChI is InChI=1S/C28H25ClF3NO4/c1-15-11-19(37-10-9-17-5-3-4-6-23(17)29)12-16(2)25(15)26(34)33-24-13-18(20-14-21(20)27(35)36)7-8-22(24)28(30,31)32/h3-8,11-13,20-21H,9-10,14H2,1-2H3,(H,33,34)(H,35,36)/t20-,21-/m1/s1. The number of aryl methyl sites for hydroxylation is 2. The second-order valence-electron chi connectivity index (χ2n) is 9.17. The Morgan fingerprint density at radius 1 is 1.08 bits per heavy atom. The zero-order chi connectivity index (χ0) is 26.9. The maximum absolute atomic E-state index is 13.7. The molecular weight excluding hydrogens is 507 g/mol. The van der Waals surface area contributed by atoms with Crippen LogP contribution in [0.5, 0.6) is 5.75 Å². The number of ether oxygens (including phenoxy) is 1. The number of rotatable bonds is 8. The molecule has 0 heterocycles. The predicted molar refractivity (Wildman–Crippen MR) is 134 cm³/mol. The molecule has 9 heteroatoms. The first-order valence-electron chi connectivity index (χ1n) is 11.7. The van der Waals surface area contributed by atoms with Gasteiger partial charge in [0.25, 0.3) is 5.91 Å². The van der Waals surface area contributed by atoms with Crippen LogP contribution in [0.1, 0.15) is 50.5 Å². The Morgan fingerprint density at radius 3 is 2.35 bits per heavy atom. The molecule has 0 bridgehead atoms. The number of hydrogen-bond donors (Lipinski definition) is 2. The zero-order valence-electron chi connectivity index (χ0n) is 20.2. The number of benzene rings is 3. The summed E-state index contributed by atoms with van der Waals surface area (Å²) < 4.78 is 46.8. The highest BCUT2D eigenvalue weighted by molar-refractivity contribution is 6.31. The van der Waals surface area contributed by atoms with Crippen LogP contribution in [0.4, 0.5) is 18.9 Å². The van der Waals surface area contributed by atoms with Gasteiger partial charge >= 0.3 is 12.1 Å². The molecule has 1 fully saturated rings. The van der Waals surface area contributed by atoms with Crippen molar-refractivity contribution in [2.45, 2.75) is 38.8 Å². The summed E-state index contributed by atoms with van der Waals surface area (Å²) in [6.07, 6.45) is -3.76. The summed E-state index contributed by atoms with van der Waals surface area (Å²) in [5.41, 5.74) is 1.33. The first-order valence-corrected chi connectivity index (χ1v) is 12.1. The van der Waals surface area contributed by atoms with E-state index in [-0.39, 0.29) is 11.5 Å². The van der Waals surface area contributed by atoms with Crippen LogP contribution in [-0.2, 0) is 17.4 Å². The number of alkyl halides is 3. The van der Waals surface area contributed by atoms with Gasteiger partial charge in [-0.25, -0.2) is 0 Å². The van der Waals surface area contributed by atoms with Crippen molar-refractivity contribution in [3.63, 3.8) is 0 Å². The zero-order valence-corrected chi connectivity index (χ0v) is 20.9. The van der Waals surface area contributed by atoms with Crippen LogP contribution in [0.3, 0.4) is 0 Å². The van der Waals surface area contributed by atoms with E-state index in [2.05, 4.69) is 5.32 Å². The topological polar surface area (TPSA) is 75.6 Å². The molecule has 0 aliphatic heterocycles. The second-order valence-corrected chi connectivity index (χ2v) is 9.57. The molecule has 0 unspecified atom stereocenters. The van der Waals surface area contributed by atoms with Gasteiger partial charge in [0.15, 0.2) is 0 Å². The molecule has 1 amide bonds. The third kappa shape index (κ3) is 6.07. The van der Waals surface area contributed by atoms with E-state index < -0.39 is 35.2 Å². The lowest BCUT2D eigenvalue weighted by atomic mass is 10.00. The van der Waals surface area contributed by atoms with E-state index in [1.807, 2.05) is 18.2 Å². The number of amides is 1. The van der Waals surface area contributed by atoms with Crippen molar-refractivity contribution in [3.8, 4) is 5.75 Å². The molecule has 0 spiro atoms. The fourth-order valence-corrected chi connectivity index (χ4v) is 4.74. The monoisotopic (exact) mass is 531 g/mol. The summed E-state index contributed by atoms with van der Waals surface area (Å²) in [7, 11) is 0. The van der Waals surface area contributed by atoms with Gasteiger partial charge in [-0.05, 0) is 78.8 Å². The number of carboxylic acid groups (broad SMARTS) is 1. The van der Waals surface area contributed by atoms with E-state index >= 15 is 0 Å². The summed E-state index contributed by atoms with van der Waals surface area (Å²) in [6.45, 7) is 3.73. The molecule has 37 heavy (non-hydrogen) atoms.